The molecule has 0 unspecified atom stereocenters. The van der Waals surface area contributed by atoms with Crippen LogP contribution in [-0.4, -0.2) is 42.7 Å². The van der Waals surface area contributed by atoms with Crippen molar-refractivity contribution < 1.29 is 22.7 Å². The van der Waals surface area contributed by atoms with E-state index in [1.54, 1.807) is 0 Å². The molecule has 1 N–H and O–H groups in total. The molecule has 0 saturated carbocycles. The van der Waals surface area contributed by atoms with Gasteiger partial charge in [-0.25, -0.2) is 18.2 Å². The van der Waals surface area contributed by atoms with Gasteiger partial charge in [-0.2, -0.15) is 4.31 Å². The second-order valence-corrected chi connectivity index (χ2v) is 11.9. The van der Waals surface area contributed by atoms with Gasteiger partial charge in [0.15, 0.2) is 11.7 Å². The smallest absolute Gasteiger partial charge is 0.338 e. The summed E-state index contributed by atoms with van der Waals surface area (Å²) in [4.78, 5) is 29.5. The van der Waals surface area contributed by atoms with E-state index in [0.717, 1.165) is 32.5 Å². The van der Waals surface area contributed by atoms with E-state index in [4.69, 9.17) is 4.74 Å². The number of carbonyl (C=O) groups is 2. The highest BCUT2D eigenvalue weighted by molar-refractivity contribution is 7.89. The van der Waals surface area contributed by atoms with E-state index >= 15 is 0 Å². The van der Waals surface area contributed by atoms with Crippen LogP contribution in [0, 0.1) is 13.8 Å². The Morgan fingerprint density at radius 2 is 1.84 bits per heavy atom. The molecule has 8 nitrogen and oxygen atoms in total. The Hall–Kier alpha value is -3.60. The third-order valence-corrected chi connectivity index (χ3v) is 8.97. The third kappa shape index (κ3) is 5.27. The summed E-state index contributed by atoms with van der Waals surface area (Å²) in [5.41, 5.74) is 5.10. The summed E-state index contributed by atoms with van der Waals surface area (Å²) in [6.45, 7) is 4.07. The number of nitrogens with one attached hydrogen (secondary N) is 1. The number of aromatic nitrogens is 1. The first-order valence-corrected chi connectivity index (χ1v) is 14.0. The molecular weight excluding hydrogens is 510 g/mol. The second-order valence-electron chi connectivity index (χ2n) is 8.96. The number of nitrogens with zero attached hydrogens (tertiary/aromatic N) is 2. The van der Waals surface area contributed by atoms with Gasteiger partial charge >= 0.3 is 5.97 Å². The number of hydrogen-bond donors (Lipinski definition) is 1. The summed E-state index contributed by atoms with van der Waals surface area (Å²) < 4.78 is 34.1. The lowest BCUT2D eigenvalue weighted by Gasteiger charge is -2.28. The van der Waals surface area contributed by atoms with Gasteiger partial charge in [0.25, 0.3) is 5.91 Å². The van der Waals surface area contributed by atoms with Crippen LogP contribution < -0.4 is 5.32 Å². The standard InChI is InChI=1S/C27H25N3O5S2/c1-17-12-18(2)25-23(13-17)36-27(29-25)28-24(31)16-35-26(32)20-8-5-9-22(14-20)37(33,34)30-11-10-19-6-3-4-7-21(19)15-30/h3-9,12-14H,10-11,15-16H2,1-2H3,(H,28,29,31). The van der Waals surface area contributed by atoms with Crippen molar-refractivity contribution in [3.63, 3.8) is 0 Å². The number of sulfonamides is 1. The van der Waals surface area contributed by atoms with Crippen LogP contribution in [0.25, 0.3) is 10.2 Å². The minimum atomic E-state index is -3.81. The highest BCUT2D eigenvalue weighted by Gasteiger charge is 2.29. The van der Waals surface area contributed by atoms with Gasteiger partial charge in [0.2, 0.25) is 10.0 Å². The van der Waals surface area contributed by atoms with Crippen LogP contribution >= 0.6 is 11.3 Å². The van der Waals surface area contributed by atoms with E-state index in [9.17, 15) is 18.0 Å². The van der Waals surface area contributed by atoms with Gasteiger partial charge in [0, 0.05) is 13.1 Å². The molecule has 4 aromatic rings. The van der Waals surface area contributed by atoms with Gasteiger partial charge in [0.05, 0.1) is 20.7 Å². The fraction of sp³-hybridized carbons (Fsp3) is 0.222. The maximum atomic E-state index is 13.3. The number of rotatable bonds is 6. The quantitative estimate of drug-likeness (QED) is 0.366. The molecule has 190 valence electrons. The normalized spacial score (nSPS) is 13.8. The van der Waals surface area contributed by atoms with Crippen molar-refractivity contribution in [1.82, 2.24) is 9.29 Å². The number of anilines is 1. The minimum Gasteiger partial charge on any atom is -0.452 e. The van der Waals surface area contributed by atoms with Gasteiger partial charge in [-0.1, -0.05) is 47.7 Å². The van der Waals surface area contributed by atoms with E-state index in [0.29, 0.717) is 18.1 Å². The minimum absolute atomic E-state index is 0.00548. The molecule has 3 aromatic carbocycles. The molecule has 0 saturated heterocycles. The van der Waals surface area contributed by atoms with Crippen LogP contribution in [0.3, 0.4) is 0 Å². The zero-order chi connectivity index (χ0) is 26.2. The molecule has 0 aliphatic carbocycles. The SMILES string of the molecule is Cc1cc(C)c2nc(NC(=O)COC(=O)c3cccc(S(=O)(=O)N4CCc5ccccc5C4)c3)sc2c1. The van der Waals surface area contributed by atoms with Crippen LogP contribution in [0.15, 0.2) is 65.6 Å². The Morgan fingerprint density at radius 1 is 1.05 bits per heavy atom. The summed E-state index contributed by atoms with van der Waals surface area (Å²) in [6.07, 6.45) is 0.625. The van der Waals surface area contributed by atoms with Crippen molar-refractivity contribution in [1.29, 1.82) is 0 Å². The summed E-state index contributed by atoms with van der Waals surface area (Å²) in [5.74, 6) is -1.32. The number of amides is 1. The largest absolute Gasteiger partial charge is 0.452 e. The Balaban J connectivity index is 1.23. The van der Waals surface area contributed by atoms with Crippen molar-refractivity contribution in [3.8, 4) is 0 Å². The van der Waals surface area contributed by atoms with E-state index in [-0.39, 0.29) is 17.0 Å². The van der Waals surface area contributed by atoms with Crippen molar-refractivity contribution in [2.24, 2.45) is 0 Å². The lowest BCUT2D eigenvalue weighted by Crippen LogP contribution is -2.36. The molecule has 1 aromatic heterocycles. The predicted octanol–water partition coefficient (Wildman–Crippen LogP) is 4.46. The molecule has 1 amide bonds. The Morgan fingerprint density at radius 3 is 2.65 bits per heavy atom. The van der Waals surface area contributed by atoms with E-state index in [2.05, 4.69) is 10.3 Å². The van der Waals surface area contributed by atoms with Gasteiger partial charge in [0.1, 0.15) is 0 Å². The Bertz CT molecular complexity index is 1630. The number of esters is 1. The molecule has 1 aliphatic rings. The van der Waals surface area contributed by atoms with Crippen LogP contribution in [0.2, 0.25) is 0 Å². The second kappa shape index (κ2) is 10.0. The number of benzene rings is 3. The van der Waals surface area contributed by atoms with Crippen LogP contribution in [0.5, 0.6) is 0 Å². The van der Waals surface area contributed by atoms with Crippen molar-refractivity contribution in [2.75, 3.05) is 18.5 Å². The van der Waals surface area contributed by atoms with Gasteiger partial charge in [-0.05, 0) is 66.8 Å². The third-order valence-electron chi connectivity index (χ3n) is 6.21. The van der Waals surface area contributed by atoms with Crippen molar-refractivity contribution >= 4 is 48.6 Å². The highest BCUT2D eigenvalue weighted by atomic mass is 32.2. The van der Waals surface area contributed by atoms with Crippen molar-refractivity contribution in [2.45, 2.75) is 31.7 Å². The molecule has 37 heavy (non-hydrogen) atoms. The zero-order valence-corrected chi connectivity index (χ0v) is 22.0. The molecule has 0 bridgehead atoms. The first-order chi connectivity index (χ1) is 17.7. The van der Waals surface area contributed by atoms with Gasteiger partial charge in [-0.3, -0.25) is 10.1 Å². The number of hydrogen-bond acceptors (Lipinski definition) is 7. The summed E-state index contributed by atoms with van der Waals surface area (Å²) in [6, 6.07) is 17.5. The van der Waals surface area contributed by atoms with Crippen LogP contribution in [0.1, 0.15) is 32.6 Å². The van der Waals surface area contributed by atoms with Crippen LogP contribution in [-0.2, 0) is 32.5 Å². The number of aryl methyl sites for hydroxylation is 2. The monoisotopic (exact) mass is 535 g/mol. The molecule has 2 heterocycles. The lowest BCUT2D eigenvalue weighted by molar-refractivity contribution is -0.119. The predicted molar refractivity (Wildman–Crippen MR) is 142 cm³/mol. The molecule has 10 heteroatoms. The summed E-state index contributed by atoms with van der Waals surface area (Å²) >= 11 is 1.34. The number of fused-ring (bicyclic) bond motifs is 2. The fourth-order valence-corrected chi connectivity index (χ4v) is 6.92. The van der Waals surface area contributed by atoms with Gasteiger partial charge < -0.3 is 4.74 Å². The lowest BCUT2D eigenvalue weighted by atomic mass is 10.0. The highest BCUT2D eigenvalue weighted by Crippen LogP contribution is 2.29. The number of ether oxygens (including phenoxy) is 1. The average molecular weight is 536 g/mol. The molecule has 1 aliphatic heterocycles. The first-order valence-electron chi connectivity index (χ1n) is 11.7. The number of carbonyl (C=O) groups excluding carboxylic acids is 2. The van der Waals surface area contributed by atoms with E-state index < -0.39 is 28.5 Å². The topological polar surface area (TPSA) is 106 Å². The summed E-state index contributed by atoms with van der Waals surface area (Å²) in [5, 5.41) is 3.08. The molecule has 0 fully saturated rings. The van der Waals surface area contributed by atoms with Crippen LogP contribution in [0.4, 0.5) is 5.13 Å². The first kappa shape index (κ1) is 25.1. The molecule has 0 atom stereocenters. The molecule has 5 rings (SSSR count). The van der Waals surface area contributed by atoms with Crippen molar-refractivity contribution in [3.05, 3.63) is 88.5 Å². The molecule has 0 radical (unpaired) electrons. The fourth-order valence-electron chi connectivity index (χ4n) is 4.40. The van der Waals surface area contributed by atoms with E-state index in [1.165, 1.54) is 39.9 Å². The Kier molecular flexibility index (Phi) is 6.80. The molecule has 0 spiro atoms. The number of thiazole rings is 1. The maximum absolute atomic E-state index is 13.3. The van der Waals surface area contributed by atoms with Gasteiger partial charge in [-0.15, -0.1) is 0 Å². The summed E-state index contributed by atoms with van der Waals surface area (Å²) in [7, 11) is -3.81. The molecular formula is C27H25N3O5S2. The average Bonchev–Trinajstić information content (AvgIpc) is 3.29. The zero-order valence-electron chi connectivity index (χ0n) is 20.4. The Labute approximate surface area is 219 Å². The van der Waals surface area contributed by atoms with E-state index in [1.807, 2.05) is 50.2 Å². The maximum Gasteiger partial charge on any atom is 0.338 e.